The van der Waals surface area contributed by atoms with E-state index >= 15 is 0 Å². The molecule has 0 saturated heterocycles. The molecule has 0 spiro atoms. The van der Waals surface area contributed by atoms with Crippen LogP contribution in [0.3, 0.4) is 0 Å². The van der Waals surface area contributed by atoms with E-state index in [0.717, 1.165) is 13.0 Å². The molecule has 0 unspecified atom stereocenters. The monoisotopic (exact) mass is 240 g/mol. The quantitative estimate of drug-likeness (QED) is 0.717. The van der Waals surface area contributed by atoms with Crippen LogP contribution in [0.5, 0.6) is 0 Å². The Morgan fingerprint density at radius 2 is 1.82 bits per heavy atom. The first-order valence-electron chi connectivity index (χ1n) is 6.88. The Labute approximate surface area is 106 Å². The normalized spacial score (nSPS) is 19.5. The third kappa shape index (κ3) is 5.07. The lowest BCUT2D eigenvalue weighted by Gasteiger charge is -2.20. The molecule has 1 saturated carbocycles. The summed E-state index contributed by atoms with van der Waals surface area (Å²) in [7, 11) is 0. The average molecular weight is 240 g/mol. The molecule has 0 aliphatic heterocycles. The molecule has 0 bridgehead atoms. The van der Waals surface area contributed by atoms with E-state index in [4.69, 9.17) is 5.73 Å². The zero-order valence-electron chi connectivity index (χ0n) is 11.8. The van der Waals surface area contributed by atoms with Gasteiger partial charge in [0.05, 0.1) is 6.04 Å². The third-order valence-corrected chi connectivity index (χ3v) is 3.50. The van der Waals surface area contributed by atoms with Gasteiger partial charge in [-0.05, 0) is 42.9 Å². The van der Waals surface area contributed by atoms with Crippen LogP contribution in [0.25, 0.3) is 0 Å². The number of nitrogens with one attached hydrogen (secondary N) is 1. The fraction of sp³-hybridized carbons (Fsp3) is 0.929. The van der Waals surface area contributed by atoms with Gasteiger partial charge in [0.2, 0.25) is 5.91 Å². The maximum Gasteiger partial charge on any atom is 0.236 e. The van der Waals surface area contributed by atoms with Crippen LogP contribution in [0, 0.1) is 17.3 Å². The number of amides is 1. The fourth-order valence-electron chi connectivity index (χ4n) is 2.52. The Hall–Kier alpha value is -0.570. The first kappa shape index (κ1) is 14.5. The Morgan fingerprint density at radius 3 is 2.24 bits per heavy atom. The molecule has 1 atom stereocenters. The second kappa shape index (κ2) is 5.85. The van der Waals surface area contributed by atoms with Gasteiger partial charge in [0.15, 0.2) is 0 Å². The molecule has 0 aromatic heterocycles. The number of hydrogen-bond acceptors (Lipinski definition) is 2. The van der Waals surface area contributed by atoms with Crippen LogP contribution in [0.1, 0.15) is 53.4 Å². The molecule has 0 aromatic carbocycles. The maximum absolute atomic E-state index is 11.8. The summed E-state index contributed by atoms with van der Waals surface area (Å²) in [6, 6.07) is -0.343. The highest BCUT2D eigenvalue weighted by atomic mass is 16.2. The van der Waals surface area contributed by atoms with Gasteiger partial charge in [0.25, 0.3) is 0 Å². The Bertz CT molecular complexity index is 257. The minimum absolute atomic E-state index is 0.0220. The lowest BCUT2D eigenvalue weighted by Crippen LogP contribution is -2.43. The molecule has 0 heterocycles. The minimum atomic E-state index is -0.343. The number of nitrogens with two attached hydrogens (primary N) is 1. The predicted molar refractivity (Wildman–Crippen MR) is 71.6 cm³/mol. The summed E-state index contributed by atoms with van der Waals surface area (Å²) in [4.78, 5) is 11.8. The van der Waals surface area contributed by atoms with Crippen molar-refractivity contribution in [3.8, 4) is 0 Å². The highest BCUT2D eigenvalue weighted by Gasteiger charge is 2.42. The second-order valence-corrected chi connectivity index (χ2v) is 6.55. The molecule has 0 radical (unpaired) electrons. The van der Waals surface area contributed by atoms with Gasteiger partial charge in [0.1, 0.15) is 0 Å². The second-order valence-electron chi connectivity index (χ2n) is 6.55. The molecule has 1 aliphatic rings. The number of hydrogen-bond donors (Lipinski definition) is 2. The zero-order valence-corrected chi connectivity index (χ0v) is 11.8. The van der Waals surface area contributed by atoms with Gasteiger partial charge >= 0.3 is 0 Å². The number of carbonyl (C=O) groups excluding carboxylic acids is 1. The molecule has 1 amide bonds. The van der Waals surface area contributed by atoms with Crippen molar-refractivity contribution in [2.75, 3.05) is 6.54 Å². The third-order valence-electron chi connectivity index (χ3n) is 3.50. The van der Waals surface area contributed by atoms with Crippen LogP contribution in [-0.2, 0) is 4.79 Å². The maximum atomic E-state index is 11.8. The molecule has 1 fully saturated rings. The molecule has 1 rings (SSSR count). The van der Waals surface area contributed by atoms with Crippen molar-refractivity contribution >= 4 is 5.91 Å². The number of carbonyl (C=O) groups is 1. The summed E-state index contributed by atoms with van der Waals surface area (Å²) < 4.78 is 0. The van der Waals surface area contributed by atoms with Gasteiger partial charge in [-0.15, -0.1) is 0 Å². The first-order chi connectivity index (χ1) is 7.84. The first-order valence-corrected chi connectivity index (χ1v) is 6.88. The fourth-order valence-corrected chi connectivity index (χ4v) is 2.52. The van der Waals surface area contributed by atoms with Gasteiger partial charge in [-0.2, -0.15) is 0 Å². The van der Waals surface area contributed by atoms with E-state index < -0.39 is 0 Å². The summed E-state index contributed by atoms with van der Waals surface area (Å²) in [5, 5.41) is 3.03. The predicted octanol–water partition coefficient (Wildman–Crippen LogP) is 2.30. The van der Waals surface area contributed by atoms with Gasteiger partial charge in [-0.25, -0.2) is 0 Å². The van der Waals surface area contributed by atoms with E-state index in [1.807, 2.05) is 0 Å². The molecule has 0 aromatic rings. The van der Waals surface area contributed by atoms with Gasteiger partial charge in [-0.1, -0.05) is 27.7 Å². The molecule has 1 aliphatic carbocycles. The number of rotatable bonds is 7. The Morgan fingerprint density at radius 1 is 1.24 bits per heavy atom. The summed E-state index contributed by atoms with van der Waals surface area (Å²) in [6.07, 6.45) is 4.49. The minimum Gasteiger partial charge on any atom is -0.354 e. The van der Waals surface area contributed by atoms with E-state index in [2.05, 4.69) is 33.0 Å². The SMILES string of the molecule is CC(C)C[C@H](N)C(=O)NCC1(CC(C)C)CC1. The van der Waals surface area contributed by atoms with Gasteiger partial charge < -0.3 is 11.1 Å². The average Bonchev–Trinajstić information content (AvgIpc) is 2.92. The van der Waals surface area contributed by atoms with E-state index in [9.17, 15) is 4.79 Å². The lowest BCUT2D eigenvalue weighted by atomic mass is 9.94. The van der Waals surface area contributed by atoms with Crippen molar-refractivity contribution < 1.29 is 4.79 Å². The highest BCUT2D eigenvalue weighted by Crippen LogP contribution is 2.49. The van der Waals surface area contributed by atoms with Crippen molar-refractivity contribution in [1.82, 2.24) is 5.32 Å². The lowest BCUT2D eigenvalue weighted by molar-refractivity contribution is -0.123. The molecular formula is C14H28N2O. The summed E-state index contributed by atoms with van der Waals surface area (Å²) >= 11 is 0. The van der Waals surface area contributed by atoms with Crippen molar-refractivity contribution in [3.05, 3.63) is 0 Å². The molecule has 17 heavy (non-hydrogen) atoms. The standard InChI is InChI=1S/C14H28N2O/c1-10(2)7-12(15)13(17)16-9-14(5-6-14)8-11(3)4/h10-12H,5-9,15H2,1-4H3,(H,16,17)/t12-/m0/s1. The Balaban J connectivity index is 2.28. The van der Waals surface area contributed by atoms with E-state index in [0.29, 0.717) is 17.3 Å². The molecule has 100 valence electrons. The summed E-state index contributed by atoms with van der Waals surface area (Å²) in [6.45, 7) is 9.48. The van der Waals surface area contributed by atoms with Gasteiger partial charge in [-0.3, -0.25) is 4.79 Å². The topological polar surface area (TPSA) is 55.1 Å². The van der Waals surface area contributed by atoms with Crippen LogP contribution >= 0.6 is 0 Å². The van der Waals surface area contributed by atoms with Crippen LogP contribution in [0.15, 0.2) is 0 Å². The molecule has 3 nitrogen and oxygen atoms in total. The van der Waals surface area contributed by atoms with Crippen LogP contribution < -0.4 is 11.1 Å². The van der Waals surface area contributed by atoms with E-state index in [1.165, 1.54) is 19.3 Å². The van der Waals surface area contributed by atoms with Crippen molar-refractivity contribution in [1.29, 1.82) is 0 Å². The Kier molecular flexibility index (Phi) is 4.99. The summed E-state index contributed by atoms with van der Waals surface area (Å²) in [5.74, 6) is 1.20. The molecular weight excluding hydrogens is 212 g/mol. The van der Waals surface area contributed by atoms with Crippen molar-refractivity contribution in [2.45, 2.75) is 59.4 Å². The van der Waals surface area contributed by atoms with E-state index in [-0.39, 0.29) is 11.9 Å². The summed E-state index contributed by atoms with van der Waals surface area (Å²) in [5.41, 5.74) is 6.25. The molecule has 3 N–H and O–H groups in total. The van der Waals surface area contributed by atoms with Crippen LogP contribution in [0.4, 0.5) is 0 Å². The van der Waals surface area contributed by atoms with E-state index in [1.54, 1.807) is 0 Å². The molecule has 3 heteroatoms. The smallest absolute Gasteiger partial charge is 0.236 e. The van der Waals surface area contributed by atoms with Crippen LogP contribution in [0.2, 0.25) is 0 Å². The largest absolute Gasteiger partial charge is 0.354 e. The van der Waals surface area contributed by atoms with Crippen molar-refractivity contribution in [3.63, 3.8) is 0 Å². The van der Waals surface area contributed by atoms with Crippen LogP contribution in [-0.4, -0.2) is 18.5 Å². The van der Waals surface area contributed by atoms with Crippen molar-refractivity contribution in [2.24, 2.45) is 23.0 Å². The highest BCUT2D eigenvalue weighted by molar-refractivity contribution is 5.81. The zero-order chi connectivity index (χ0) is 13.1. The van der Waals surface area contributed by atoms with Gasteiger partial charge in [0, 0.05) is 6.54 Å².